The van der Waals surface area contributed by atoms with Gasteiger partial charge in [0.15, 0.2) is 21.3 Å². The highest BCUT2D eigenvalue weighted by molar-refractivity contribution is 7.90. The number of sulfone groups is 1. The van der Waals surface area contributed by atoms with Crippen LogP contribution in [-0.2, 0) is 15.6 Å². The molecule has 3 rings (SSSR count). The molecular formula is C18H16N4O3S. The largest absolute Gasteiger partial charge is 0.382 e. The molecule has 0 radical (unpaired) electrons. The Morgan fingerprint density at radius 2 is 1.73 bits per heavy atom. The van der Waals surface area contributed by atoms with Gasteiger partial charge in [-0.3, -0.25) is 4.79 Å². The first-order valence-electron chi connectivity index (χ1n) is 7.70. The summed E-state index contributed by atoms with van der Waals surface area (Å²) in [4.78, 5) is 20.2. The Labute approximate surface area is 150 Å². The number of carbonyl (C=O) groups is 1. The van der Waals surface area contributed by atoms with Crippen LogP contribution in [0.4, 0.5) is 11.5 Å². The zero-order valence-corrected chi connectivity index (χ0v) is 14.5. The van der Waals surface area contributed by atoms with Gasteiger partial charge in [0.2, 0.25) is 0 Å². The first-order chi connectivity index (χ1) is 12.5. The van der Waals surface area contributed by atoms with Crippen LogP contribution >= 0.6 is 0 Å². The van der Waals surface area contributed by atoms with Crippen molar-refractivity contribution in [2.75, 3.05) is 11.1 Å². The minimum atomic E-state index is -3.47. The molecular weight excluding hydrogens is 352 g/mol. The van der Waals surface area contributed by atoms with Gasteiger partial charge < -0.3 is 11.1 Å². The molecule has 0 saturated heterocycles. The fourth-order valence-electron chi connectivity index (χ4n) is 2.38. The highest BCUT2D eigenvalue weighted by Gasteiger charge is 2.16. The van der Waals surface area contributed by atoms with Gasteiger partial charge >= 0.3 is 0 Å². The van der Waals surface area contributed by atoms with Crippen LogP contribution in [0.15, 0.2) is 71.9 Å². The summed E-state index contributed by atoms with van der Waals surface area (Å²) in [7, 11) is -3.47. The summed E-state index contributed by atoms with van der Waals surface area (Å²) >= 11 is 0. The van der Waals surface area contributed by atoms with Gasteiger partial charge in [0.25, 0.3) is 5.91 Å². The smallest absolute Gasteiger partial charge is 0.278 e. The van der Waals surface area contributed by atoms with E-state index in [0.717, 1.165) is 0 Å². The Hall–Kier alpha value is -3.26. The number of nitrogen functional groups attached to an aromatic ring is 1. The molecule has 0 fully saturated rings. The number of nitrogens with two attached hydrogens (primary N) is 1. The zero-order valence-electron chi connectivity index (χ0n) is 13.7. The summed E-state index contributed by atoms with van der Waals surface area (Å²) in [6.07, 6.45) is 2.76. The van der Waals surface area contributed by atoms with E-state index >= 15 is 0 Å². The summed E-state index contributed by atoms with van der Waals surface area (Å²) in [5.41, 5.74) is 6.65. The molecule has 0 aliphatic heterocycles. The van der Waals surface area contributed by atoms with Gasteiger partial charge in [-0.2, -0.15) is 0 Å². The van der Waals surface area contributed by atoms with Crippen molar-refractivity contribution in [1.29, 1.82) is 0 Å². The molecule has 26 heavy (non-hydrogen) atoms. The van der Waals surface area contributed by atoms with Crippen LogP contribution in [0.2, 0.25) is 0 Å². The highest BCUT2D eigenvalue weighted by atomic mass is 32.2. The number of hydrogen-bond donors (Lipinski definition) is 2. The molecule has 1 heterocycles. The summed E-state index contributed by atoms with van der Waals surface area (Å²) < 4.78 is 25.0. The van der Waals surface area contributed by atoms with Crippen molar-refractivity contribution < 1.29 is 13.2 Å². The first-order valence-corrected chi connectivity index (χ1v) is 9.35. The predicted octanol–water partition coefficient (Wildman–Crippen LogP) is 2.29. The number of carbonyl (C=O) groups excluding carboxylic acids is 1. The highest BCUT2D eigenvalue weighted by Crippen LogP contribution is 2.19. The lowest BCUT2D eigenvalue weighted by Crippen LogP contribution is -2.16. The summed E-state index contributed by atoms with van der Waals surface area (Å²) in [5, 5.41) is 2.65. The third-order valence-electron chi connectivity index (χ3n) is 3.59. The van der Waals surface area contributed by atoms with E-state index in [2.05, 4.69) is 15.3 Å². The summed E-state index contributed by atoms with van der Waals surface area (Å²) in [6.45, 7) is 0. The second kappa shape index (κ2) is 7.32. The average Bonchev–Trinajstić information content (AvgIpc) is 2.63. The first kappa shape index (κ1) is 17.6. The van der Waals surface area contributed by atoms with Gasteiger partial charge in [0, 0.05) is 18.1 Å². The molecule has 0 bridgehead atoms. The van der Waals surface area contributed by atoms with E-state index in [1.54, 1.807) is 54.6 Å². The number of nitrogens with one attached hydrogen (secondary N) is 1. The number of benzene rings is 2. The van der Waals surface area contributed by atoms with Crippen LogP contribution < -0.4 is 11.1 Å². The minimum Gasteiger partial charge on any atom is -0.382 e. The molecule has 0 saturated carbocycles. The Morgan fingerprint density at radius 3 is 2.46 bits per heavy atom. The van der Waals surface area contributed by atoms with Gasteiger partial charge in [0.1, 0.15) is 0 Å². The fraction of sp³-hybridized carbons (Fsp3) is 0.0556. The number of rotatable bonds is 5. The molecule has 0 atom stereocenters. The Bertz CT molecular complexity index is 1040. The van der Waals surface area contributed by atoms with Crippen molar-refractivity contribution >= 4 is 27.2 Å². The molecule has 1 aromatic heterocycles. The number of nitrogens with zero attached hydrogens (tertiary/aromatic N) is 2. The van der Waals surface area contributed by atoms with Crippen molar-refractivity contribution in [2.45, 2.75) is 10.6 Å². The molecule has 132 valence electrons. The monoisotopic (exact) mass is 368 g/mol. The maximum Gasteiger partial charge on any atom is 0.278 e. The molecule has 8 heteroatoms. The lowest BCUT2D eigenvalue weighted by atomic mass is 10.2. The van der Waals surface area contributed by atoms with Crippen LogP contribution in [0.25, 0.3) is 0 Å². The van der Waals surface area contributed by atoms with E-state index in [9.17, 15) is 13.2 Å². The summed E-state index contributed by atoms with van der Waals surface area (Å²) in [6, 6.07) is 14.8. The van der Waals surface area contributed by atoms with Crippen LogP contribution in [0.1, 0.15) is 16.1 Å². The SMILES string of the molecule is Nc1nccnc1C(=O)Nc1cccc(CS(=O)(=O)c2ccccc2)c1. The average molecular weight is 368 g/mol. The maximum absolute atomic E-state index is 12.5. The van der Waals surface area contributed by atoms with E-state index in [4.69, 9.17) is 5.73 Å². The standard InChI is InChI=1S/C18H16N4O3S/c19-17-16(20-9-10-21-17)18(23)22-14-6-4-5-13(11-14)12-26(24,25)15-7-2-1-3-8-15/h1-11H,12H2,(H2,19,21)(H,22,23). The second-order valence-corrected chi connectivity index (χ2v) is 7.51. The molecule has 0 spiro atoms. The van der Waals surface area contributed by atoms with Gasteiger partial charge in [0.05, 0.1) is 10.6 Å². The number of anilines is 2. The molecule has 0 aliphatic rings. The van der Waals surface area contributed by atoms with E-state index < -0.39 is 15.7 Å². The maximum atomic E-state index is 12.5. The second-order valence-electron chi connectivity index (χ2n) is 5.52. The van der Waals surface area contributed by atoms with Crippen molar-refractivity contribution in [3.05, 3.63) is 78.2 Å². The molecule has 0 unspecified atom stereocenters. The minimum absolute atomic E-state index is 0.00908. The molecule has 2 aromatic carbocycles. The zero-order chi connectivity index (χ0) is 18.6. The van der Waals surface area contributed by atoms with Crippen molar-refractivity contribution in [2.24, 2.45) is 0 Å². The predicted molar refractivity (Wildman–Crippen MR) is 98.2 cm³/mol. The van der Waals surface area contributed by atoms with Crippen LogP contribution in [-0.4, -0.2) is 24.3 Å². The van der Waals surface area contributed by atoms with Crippen LogP contribution in [0.5, 0.6) is 0 Å². The third kappa shape index (κ3) is 4.04. The van der Waals surface area contributed by atoms with Crippen LogP contribution in [0, 0.1) is 0 Å². The van der Waals surface area contributed by atoms with Crippen LogP contribution in [0.3, 0.4) is 0 Å². The molecule has 3 aromatic rings. The van der Waals surface area contributed by atoms with E-state index in [-0.39, 0.29) is 22.2 Å². The Morgan fingerprint density at radius 1 is 1.00 bits per heavy atom. The molecule has 7 nitrogen and oxygen atoms in total. The lowest BCUT2D eigenvalue weighted by Gasteiger charge is -2.09. The van der Waals surface area contributed by atoms with Gasteiger partial charge in [-0.05, 0) is 29.8 Å². The van der Waals surface area contributed by atoms with Crippen molar-refractivity contribution in [1.82, 2.24) is 9.97 Å². The quantitative estimate of drug-likeness (QED) is 0.714. The molecule has 0 aliphatic carbocycles. The van der Waals surface area contributed by atoms with Gasteiger partial charge in [-0.15, -0.1) is 0 Å². The molecule has 3 N–H and O–H groups in total. The Kier molecular flexibility index (Phi) is 4.94. The Balaban J connectivity index is 1.79. The van der Waals surface area contributed by atoms with Crippen molar-refractivity contribution in [3.63, 3.8) is 0 Å². The normalized spacial score (nSPS) is 11.1. The number of hydrogen-bond acceptors (Lipinski definition) is 6. The van der Waals surface area contributed by atoms with Crippen molar-refractivity contribution in [3.8, 4) is 0 Å². The molecule has 1 amide bonds. The van der Waals surface area contributed by atoms with E-state index in [0.29, 0.717) is 11.3 Å². The number of amides is 1. The fourth-order valence-corrected chi connectivity index (χ4v) is 3.74. The van der Waals surface area contributed by atoms with E-state index in [1.807, 2.05) is 0 Å². The third-order valence-corrected chi connectivity index (χ3v) is 5.29. The van der Waals surface area contributed by atoms with E-state index in [1.165, 1.54) is 12.4 Å². The number of aromatic nitrogens is 2. The summed E-state index contributed by atoms with van der Waals surface area (Å²) in [5.74, 6) is -0.667. The lowest BCUT2D eigenvalue weighted by molar-refractivity contribution is 0.102. The van der Waals surface area contributed by atoms with Gasteiger partial charge in [-0.25, -0.2) is 18.4 Å². The topological polar surface area (TPSA) is 115 Å². The van der Waals surface area contributed by atoms with Gasteiger partial charge in [-0.1, -0.05) is 30.3 Å².